The van der Waals surface area contributed by atoms with Gasteiger partial charge in [0.1, 0.15) is 0 Å². The summed E-state index contributed by atoms with van der Waals surface area (Å²) in [5.41, 5.74) is 2.13. The topological polar surface area (TPSA) is 50.9 Å². The van der Waals surface area contributed by atoms with Crippen molar-refractivity contribution in [2.75, 3.05) is 0 Å². The molecule has 1 N–H and O–H groups in total. The van der Waals surface area contributed by atoms with Crippen molar-refractivity contribution in [3.63, 3.8) is 0 Å². The Bertz CT molecular complexity index is 509. The lowest BCUT2D eigenvalue weighted by molar-refractivity contribution is 0.163. The summed E-state index contributed by atoms with van der Waals surface area (Å²) in [7, 11) is 0. The lowest BCUT2D eigenvalue weighted by atomic mass is 10.1. The minimum atomic E-state index is -0.351. The van der Waals surface area contributed by atoms with Crippen molar-refractivity contribution in [3.05, 3.63) is 48.0 Å². The molecule has 0 bridgehead atoms. The molecule has 2 rings (SSSR count). The van der Waals surface area contributed by atoms with Gasteiger partial charge >= 0.3 is 0 Å². The van der Waals surface area contributed by atoms with Gasteiger partial charge in [-0.3, -0.25) is 9.67 Å². The van der Waals surface area contributed by atoms with Gasteiger partial charge in [-0.2, -0.15) is 5.10 Å². The van der Waals surface area contributed by atoms with Gasteiger partial charge in [0, 0.05) is 31.1 Å². The van der Waals surface area contributed by atoms with Crippen LogP contribution in [0.4, 0.5) is 0 Å². The maximum absolute atomic E-state index is 10.1. The first-order valence-electron chi connectivity index (χ1n) is 7.30. The molecule has 4 nitrogen and oxygen atoms in total. The Labute approximate surface area is 120 Å². The third kappa shape index (κ3) is 4.17. The van der Waals surface area contributed by atoms with Crippen LogP contribution >= 0.6 is 0 Å². The van der Waals surface area contributed by atoms with Crippen LogP contribution in [0.25, 0.3) is 0 Å². The van der Waals surface area contributed by atoms with E-state index in [2.05, 4.69) is 23.9 Å². The van der Waals surface area contributed by atoms with E-state index in [0.29, 0.717) is 12.5 Å². The third-order valence-electron chi connectivity index (χ3n) is 3.64. The molecule has 2 aromatic rings. The molecule has 0 amide bonds. The fourth-order valence-corrected chi connectivity index (χ4v) is 2.14. The first-order valence-corrected chi connectivity index (χ1v) is 7.30. The molecule has 0 aromatic carbocycles. The van der Waals surface area contributed by atoms with Crippen LogP contribution in [0.15, 0.2) is 36.8 Å². The van der Waals surface area contributed by atoms with Crippen molar-refractivity contribution in [3.8, 4) is 0 Å². The Morgan fingerprint density at radius 2 is 2.20 bits per heavy atom. The maximum Gasteiger partial charge on any atom is 0.0650 e. The zero-order valence-corrected chi connectivity index (χ0v) is 12.2. The van der Waals surface area contributed by atoms with Crippen molar-refractivity contribution < 1.29 is 5.11 Å². The number of aryl methyl sites for hydroxylation is 1. The predicted molar refractivity (Wildman–Crippen MR) is 79.5 cm³/mol. The van der Waals surface area contributed by atoms with E-state index in [1.54, 1.807) is 6.20 Å². The molecule has 2 aromatic heterocycles. The smallest absolute Gasteiger partial charge is 0.0650 e. The number of hydrogen-bond donors (Lipinski definition) is 1. The SMILES string of the molecule is CCC(C)n1ccc(CC(O)CCc2cccnc2)n1. The predicted octanol–water partition coefficient (Wildman–Crippen LogP) is 2.79. The fourth-order valence-electron chi connectivity index (χ4n) is 2.14. The lowest BCUT2D eigenvalue weighted by Gasteiger charge is -2.10. The lowest BCUT2D eigenvalue weighted by Crippen LogP contribution is -2.13. The number of nitrogens with zero attached hydrogens (tertiary/aromatic N) is 3. The average Bonchev–Trinajstić information content (AvgIpc) is 2.94. The molecule has 0 aliphatic carbocycles. The number of rotatable bonds is 7. The van der Waals surface area contributed by atoms with Gasteiger partial charge in [0.25, 0.3) is 0 Å². The van der Waals surface area contributed by atoms with Gasteiger partial charge in [0.2, 0.25) is 0 Å². The van der Waals surface area contributed by atoms with Crippen LogP contribution in [0.5, 0.6) is 0 Å². The zero-order valence-electron chi connectivity index (χ0n) is 12.2. The molecule has 0 fully saturated rings. The van der Waals surface area contributed by atoms with E-state index in [9.17, 15) is 5.11 Å². The first kappa shape index (κ1) is 14.7. The molecule has 108 valence electrons. The molecule has 0 saturated carbocycles. The van der Waals surface area contributed by atoms with Gasteiger partial charge in [0.15, 0.2) is 0 Å². The second kappa shape index (κ2) is 7.20. The molecule has 0 spiro atoms. The van der Waals surface area contributed by atoms with Crippen LogP contribution < -0.4 is 0 Å². The van der Waals surface area contributed by atoms with Crippen LogP contribution in [0.2, 0.25) is 0 Å². The minimum absolute atomic E-state index is 0.351. The molecule has 20 heavy (non-hydrogen) atoms. The van der Waals surface area contributed by atoms with Gasteiger partial charge < -0.3 is 5.11 Å². The molecule has 0 aliphatic heterocycles. The van der Waals surface area contributed by atoms with E-state index >= 15 is 0 Å². The number of aliphatic hydroxyl groups excluding tert-OH is 1. The summed E-state index contributed by atoms with van der Waals surface area (Å²) in [5, 5.41) is 14.6. The molecule has 0 radical (unpaired) electrons. The summed E-state index contributed by atoms with van der Waals surface area (Å²) in [4.78, 5) is 4.08. The quantitative estimate of drug-likeness (QED) is 0.844. The van der Waals surface area contributed by atoms with Crippen molar-refractivity contribution in [2.45, 2.75) is 51.7 Å². The van der Waals surface area contributed by atoms with Gasteiger partial charge in [-0.05, 0) is 43.9 Å². The molecule has 2 heterocycles. The highest BCUT2D eigenvalue weighted by molar-refractivity contribution is 5.09. The van der Waals surface area contributed by atoms with E-state index in [1.807, 2.05) is 35.3 Å². The molecule has 2 atom stereocenters. The summed E-state index contributed by atoms with van der Waals surface area (Å²) in [6.45, 7) is 4.30. The van der Waals surface area contributed by atoms with E-state index in [4.69, 9.17) is 0 Å². The molecular weight excluding hydrogens is 250 g/mol. The summed E-state index contributed by atoms with van der Waals surface area (Å²) >= 11 is 0. The van der Waals surface area contributed by atoms with Gasteiger partial charge in [0.05, 0.1) is 11.8 Å². The number of aromatic nitrogens is 3. The van der Waals surface area contributed by atoms with Crippen LogP contribution in [0.3, 0.4) is 0 Å². The zero-order chi connectivity index (χ0) is 14.4. The first-order chi connectivity index (χ1) is 9.69. The summed E-state index contributed by atoms with van der Waals surface area (Å²) in [6, 6.07) is 6.38. The van der Waals surface area contributed by atoms with Crippen LogP contribution in [-0.4, -0.2) is 26.0 Å². The van der Waals surface area contributed by atoms with Crippen LogP contribution in [0, 0.1) is 0 Å². The summed E-state index contributed by atoms with van der Waals surface area (Å²) in [6.07, 6.45) is 8.52. The van der Waals surface area contributed by atoms with Crippen molar-refractivity contribution >= 4 is 0 Å². The van der Waals surface area contributed by atoms with E-state index < -0.39 is 0 Å². The molecule has 2 unspecified atom stereocenters. The second-order valence-corrected chi connectivity index (χ2v) is 5.30. The molecule has 0 saturated heterocycles. The normalized spacial score (nSPS) is 14.2. The number of hydrogen-bond acceptors (Lipinski definition) is 3. The Hall–Kier alpha value is -1.68. The standard InChI is InChI=1S/C16H23N3O/c1-3-13(2)19-10-8-15(18-19)11-16(20)7-6-14-5-4-9-17-12-14/h4-5,8-10,12-13,16,20H,3,6-7,11H2,1-2H3. The monoisotopic (exact) mass is 273 g/mol. The van der Waals surface area contributed by atoms with Gasteiger partial charge in [-0.25, -0.2) is 0 Å². The Kier molecular flexibility index (Phi) is 5.30. The fraction of sp³-hybridized carbons (Fsp3) is 0.500. The van der Waals surface area contributed by atoms with E-state index in [-0.39, 0.29) is 6.10 Å². The summed E-state index contributed by atoms with van der Waals surface area (Å²) < 4.78 is 1.98. The van der Waals surface area contributed by atoms with Gasteiger partial charge in [-0.15, -0.1) is 0 Å². The molecule has 0 aliphatic rings. The highest BCUT2D eigenvalue weighted by Crippen LogP contribution is 2.12. The van der Waals surface area contributed by atoms with Crippen LogP contribution in [-0.2, 0) is 12.8 Å². The van der Waals surface area contributed by atoms with E-state index in [0.717, 1.165) is 30.5 Å². The Morgan fingerprint density at radius 1 is 1.35 bits per heavy atom. The van der Waals surface area contributed by atoms with Crippen LogP contribution in [0.1, 0.15) is 44.0 Å². The highest BCUT2D eigenvalue weighted by atomic mass is 16.3. The average molecular weight is 273 g/mol. The Morgan fingerprint density at radius 3 is 2.90 bits per heavy atom. The van der Waals surface area contributed by atoms with E-state index in [1.165, 1.54) is 0 Å². The number of aliphatic hydroxyl groups is 1. The second-order valence-electron chi connectivity index (χ2n) is 5.30. The van der Waals surface area contributed by atoms with Gasteiger partial charge in [-0.1, -0.05) is 13.0 Å². The van der Waals surface area contributed by atoms with Crippen molar-refractivity contribution in [1.82, 2.24) is 14.8 Å². The third-order valence-corrected chi connectivity index (χ3v) is 3.64. The highest BCUT2D eigenvalue weighted by Gasteiger charge is 2.10. The Balaban J connectivity index is 1.82. The molecular formula is C16H23N3O. The molecule has 4 heteroatoms. The maximum atomic E-state index is 10.1. The van der Waals surface area contributed by atoms with Crippen molar-refractivity contribution in [2.24, 2.45) is 0 Å². The largest absolute Gasteiger partial charge is 0.393 e. The van der Waals surface area contributed by atoms with Crippen molar-refractivity contribution in [1.29, 1.82) is 0 Å². The summed E-state index contributed by atoms with van der Waals surface area (Å²) in [5.74, 6) is 0. The minimum Gasteiger partial charge on any atom is -0.393 e. The number of pyridine rings is 1.